The first-order valence-electron chi connectivity index (χ1n) is 10.0. The van der Waals surface area contributed by atoms with Gasteiger partial charge in [-0.1, -0.05) is 53.8 Å². The van der Waals surface area contributed by atoms with E-state index in [0.29, 0.717) is 16.1 Å². The van der Waals surface area contributed by atoms with Crippen molar-refractivity contribution in [2.24, 2.45) is 4.99 Å². The van der Waals surface area contributed by atoms with Crippen LogP contribution in [-0.4, -0.2) is 27.2 Å². The number of carbonyl (C=O) groups excluding carboxylic acids is 1. The van der Waals surface area contributed by atoms with Gasteiger partial charge in [0, 0.05) is 11.6 Å². The van der Waals surface area contributed by atoms with E-state index in [1.165, 1.54) is 28.8 Å². The Morgan fingerprint density at radius 3 is 2.67 bits per heavy atom. The van der Waals surface area contributed by atoms with Crippen LogP contribution in [0.2, 0.25) is 0 Å². The normalized spacial score (nSPS) is 15.7. The standard InChI is InChI=1S/C23H19N3O6S/c1-3-32-22(29)18-13(2)24-23-25(19(18)14-8-5-4-6-9-14)21(28)17(33-23)12-15-10-7-11-16(20(15)27)26(30)31/h4-12,19,27H,3H2,1-2H3/t19-/m0/s1. The van der Waals surface area contributed by atoms with Gasteiger partial charge in [0.15, 0.2) is 4.80 Å². The highest BCUT2D eigenvalue weighted by molar-refractivity contribution is 7.07. The number of nitro groups is 1. The van der Waals surface area contributed by atoms with Crippen LogP contribution in [0.3, 0.4) is 0 Å². The van der Waals surface area contributed by atoms with E-state index in [2.05, 4.69) is 4.99 Å². The molecule has 1 atom stereocenters. The van der Waals surface area contributed by atoms with Gasteiger partial charge in [0.25, 0.3) is 5.56 Å². The first kappa shape index (κ1) is 22.2. The third kappa shape index (κ3) is 3.96. The van der Waals surface area contributed by atoms with Gasteiger partial charge in [-0.15, -0.1) is 0 Å². The maximum atomic E-state index is 13.5. The molecule has 10 heteroatoms. The maximum Gasteiger partial charge on any atom is 0.338 e. The number of hydrogen-bond donors (Lipinski definition) is 1. The Kier molecular flexibility index (Phi) is 5.93. The summed E-state index contributed by atoms with van der Waals surface area (Å²) in [5.41, 5.74) is 0.646. The van der Waals surface area contributed by atoms with Gasteiger partial charge in [0.05, 0.1) is 33.4 Å². The van der Waals surface area contributed by atoms with Crippen molar-refractivity contribution in [3.63, 3.8) is 0 Å². The van der Waals surface area contributed by atoms with E-state index >= 15 is 0 Å². The molecule has 33 heavy (non-hydrogen) atoms. The number of allylic oxidation sites excluding steroid dienone is 1. The lowest BCUT2D eigenvalue weighted by Crippen LogP contribution is -2.39. The van der Waals surface area contributed by atoms with Gasteiger partial charge in [-0.3, -0.25) is 19.5 Å². The molecule has 0 spiro atoms. The van der Waals surface area contributed by atoms with Gasteiger partial charge in [0.1, 0.15) is 0 Å². The van der Waals surface area contributed by atoms with Crippen molar-refractivity contribution in [3.8, 4) is 5.75 Å². The molecule has 4 rings (SSSR count). The van der Waals surface area contributed by atoms with Crippen LogP contribution in [0.25, 0.3) is 6.08 Å². The molecule has 0 unspecified atom stereocenters. The number of aromatic nitrogens is 1. The number of rotatable bonds is 5. The summed E-state index contributed by atoms with van der Waals surface area (Å²) in [4.78, 5) is 41.5. The summed E-state index contributed by atoms with van der Waals surface area (Å²) in [6.45, 7) is 3.56. The number of benzene rings is 2. The third-order valence-electron chi connectivity index (χ3n) is 5.16. The van der Waals surface area contributed by atoms with Gasteiger partial charge >= 0.3 is 11.7 Å². The molecule has 1 aliphatic heterocycles. The van der Waals surface area contributed by atoms with Crippen LogP contribution in [-0.2, 0) is 9.53 Å². The zero-order chi connectivity index (χ0) is 23.7. The zero-order valence-corrected chi connectivity index (χ0v) is 18.5. The zero-order valence-electron chi connectivity index (χ0n) is 17.7. The van der Waals surface area contributed by atoms with Crippen LogP contribution in [0.4, 0.5) is 5.69 Å². The van der Waals surface area contributed by atoms with E-state index < -0.39 is 33.9 Å². The summed E-state index contributed by atoms with van der Waals surface area (Å²) in [6.07, 6.45) is 1.39. The number of fused-ring (bicyclic) bond motifs is 1. The van der Waals surface area contributed by atoms with Crippen molar-refractivity contribution >= 4 is 29.1 Å². The Bertz CT molecular complexity index is 1470. The van der Waals surface area contributed by atoms with Gasteiger partial charge < -0.3 is 9.84 Å². The fourth-order valence-corrected chi connectivity index (χ4v) is 4.73. The molecule has 1 N–H and O–H groups in total. The molecule has 9 nitrogen and oxygen atoms in total. The number of nitro benzene ring substituents is 1. The van der Waals surface area contributed by atoms with Crippen LogP contribution >= 0.6 is 11.3 Å². The van der Waals surface area contributed by atoms with Crippen LogP contribution in [0.1, 0.15) is 31.0 Å². The lowest BCUT2D eigenvalue weighted by atomic mass is 9.96. The number of para-hydroxylation sites is 1. The van der Waals surface area contributed by atoms with Gasteiger partial charge in [0.2, 0.25) is 5.75 Å². The number of nitrogens with zero attached hydrogens (tertiary/aromatic N) is 3. The minimum atomic E-state index is -0.748. The highest BCUT2D eigenvalue weighted by Gasteiger charge is 2.33. The summed E-state index contributed by atoms with van der Waals surface area (Å²) >= 11 is 1.07. The summed E-state index contributed by atoms with van der Waals surface area (Å²) in [5, 5.41) is 21.4. The molecular weight excluding hydrogens is 446 g/mol. The predicted molar refractivity (Wildman–Crippen MR) is 122 cm³/mol. The molecule has 2 aromatic carbocycles. The summed E-state index contributed by atoms with van der Waals surface area (Å²) in [7, 11) is 0. The number of phenols is 1. The number of hydrogen-bond acceptors (Lipinski definition) is 8. The monoisotopic (exact) mass is 465 g/mol. The van der Waals surface area contributed by atoms with E-state index in [1.54, 1.807) is 13.8 Å². The Balaban J connectivity index is 1.96. The van der Waals surface area contributed by atoms with Crippen molar-refractivity contribution in [2.75, 3.05) is 6.61 Å². The highest BCUT2D eigenvalue weighted by Crippen LogP contribution is 2.31. The Hall–Kier alpha value is -4.05. The van der Waals surface area contributed by atoms with E-state index in [0.717, 1.165) is 11.3 Å². The van der Waals surface area contributed by atoms with Crippen molar-refractivity contribution in [1.29, 1.82) is 0 Å². The Labute approximate surface area is 191 Å². The minimum absolute atomic E-state index is 0.132. The second kappa shape index (κ2) is 8.83. The van der Waals surface area contributed by atoms with Gasteiger partial charge in [-0.2, -0.15) is 0 Å². The molecule has 0 radical (unpaired) electrons. The van der Waals surface area contributed by atoms with Crippen molar-refractivity contribution in [2.45, 2.75) is 19.9 Å². The van der Waals surface area contributed by atoms with Crippen molar-refractivity contribution < 1.29 is 19.6 Å². The third-order valence-corrected chi connectivity index (χ3v) is 6.14. The Morgan fingerprint density at radius 2 is 2.00 bits per heavy atom. The molecular formula is C23H19N3O6S. The number of aromatic hydroxyl groups is 1. The number of esters is 1. The molecule has 0 saturated carbocycles. The molecule has 0 bridgehead atoms. The predicted octanol–water partition coefficient (Wildman–Crippen LogP) is 2.41. The van der Waals surface area contributed by atoms with Gasteiger partial charge in [-0.05, 0) is 25.5 Å². The van der Waals surface area contributed by atoms with E-state index in [1.807, 2.05) is 30.3 Å². The average Bonchev–Trinajstić information content (AvgIpc) is 3.09. The molecule has 168 valence electrons. The number of carbonyl (C=O) groups is 1. The summed E-state index contributed by atoms with van der Waals surface area (Å²) in [5.74, 6) is -1.09. The van der Waals surface area contributed by atoms with Crippen LogP contribution in [0.5, 0.6) is 5.75 Å². The molecule has 0 aliphatic carbocycles. The Morgan fingerprint density at radius 1 is 1.27 bits per heavy atom. The second-order valence-corrected chi connectivity index (χ2v) is 8.19. The molecule has 0 fully saturated rings. The van der Waals surface area contributed by atoms with Crippen LogP contribution < -0.4 is 14.9 Å². The summed E-state index contributed by atoms with van der Waals surface area (Å²) < 4.78 is 6.87. The van der Waals surface area contributed by atoms with Crippen molar-refractivity contribution in [1.82, 2.24) is 4.57 Å². The average molecular weight is 465 g/mol. The fraction of sp³-hybridized carbons (Fsp3) is 0.174. The molecule has 0 saturated heterocycles. The molecule has 0 amide bonds. The van der Waals surface area contributed by atoms with E-state index in [9.17, 15) is 24.8 Å². The quantitative estimate of drug-likeness (QED) is 0.351. The highest BCUT2D eigenvalue weighted by atomic mass is 32.1. The molecule has 1 aromatic heterocycles. The number of ether oxygens (including phenoxy) is 1. The molecule has 1 aliphatic rings. The van der Waals surface area contributed by atoms with Crippen molar-refractivity contribution in [3.05, 3.63) is 101 Å². The lowest BCUT2D eigenvalue weighted by Gasteiger charge is -2.24. The number of phenolic OH excluding ortho intramolecular Hbond substituents is 1. The fourth-order valence-electron chi connectivity index (χ4n) is 3.70. The first-order chi connectivity index (χ1) is 15.8. The maximum absolute atomic E-state index is 13.5. The minimum Gasteiger partial charge on any atom is -0.502 e. The van der Waals surface area contributed by atoms with Gasteiger partial charge in [-0.25, -0.2) is 9.79 Å². The molecule has 2 heterocycles. The second-order valence-electron chi connectivity index (χ2n) is 7.19. The van der Waals surface area contributed by atoms with Crippen LogP contribution in [0, 0.1) is 10.1 Å². The number of thiazole rings is 1. The topological polar surface area (TPSA) is 124 Å². The smallest absolute Gasteiger partial charge is 0.338 e. The van der Waals surface area contributed by atoms with E-state index in [4.69, 9.17) is 4.74 Å². The largest absolute Gasteiger partial charge is 0.502 e. The lowest BCUT2D eigenvalue weighted by molar-refractivity contribution is -0.385. The van der Waals surface area contributed by atoms with Crippen LogP contribution in [0.15, 0.2) is 69.6 Å². The first-order valence-corrected chi connectivity index (χ1v) is 10.9. The van der Waals surface area contributed by atoms with E-state index in [-0.39, 0.29) is 22.3 Å². The SMILES string of the molecule is CCOC(=O)C1=C(C)N=c2sc(=Cc3cccc([N+](=O)[O-])c3O)c(=O)n2[C@H]1c1ccccc1. The summed E-state index contributed by atoms with van der Waals surface area (Å²) in [6, 6.07) is 12.4. The molecule has 3 aromatic rings.